The number of ether oxygens (including phenoxy) is 1. The van der Waals surface area contributed by atoms with Crippen LogP contribution in [0.4, 0.5) is 5.69 Å². The molecule has 2 aromatic rings. The van der Waals surface area contributed by atoms with Crippen LogP contribution in [0.25, 0.3) is 0 Å². The molecule has 1 heterocycles. The first-order valence-corrected chi connectivity index (χ1v) is 11.0. The van der Waals surface area contributed by atoms with Gasteiger partial charge in [0.1, 0.15) is 10.6 Å². The highest BCUT2D eigenvalue weighted by molar-refractivity contribution is 7.89. The molecule has 0 aromatic heterocycles. The minimum absolute atomic E-state index is 0.0720. The summed E-state index contributed by atoms with van der Waals surface area (Å²) >= 11 is 0. The maximum absolute atomic E-state index is 12.6. The molecule has 1 aliphatic heterocycles. The fraction of sp³-hybridized carbons (Fsp3) is 0.333. The summed E-state index contributed by atoms with van der Waals surface area (Å²) in [5.41, 5.74) is 1.87. The number of methoxy groups -OCH3 is 1. The van der Waals surface area contributed by atoms with Crippen molar-refractivity contribution in [1.82, 2.24) is 9.62 Å². The van der Waals surface area contributed by atoms with E-state index in [2.05, 4.69) is 5.32 Å². The molecule has 0 unspecified atom stereocenters. The van der Waals surface area contributed by atoms with Crippen LogP contribution in [0.2, 0.25) is 0 Å². The van der Waals surface area contributed by atoms with Crippen molar-refractivity contribution >= 4 is 27.5 Å². The Bertz CT molecular complexity index is 1070. The van der Waals surface area contributed by atoms with Crippen LogP contribution in [0.3, 0.4) is 0 Å². The minimum atomic E-state index is -3.77. The average molecular weight is 432 g/mol. The van der Waals surface area contributed by atoms with Gasteiger partial charge in [-0.2, -0.15) is 0 Å². The number of carbonyl (C=O) groups excluding carboxylic acids is 2. The van der Waals surface area contributed by atoms with Crippen LogP contribution in [-0.4, -0.2) is 52.3 Å². The Kier molecular flexibility index (Phi) is 6.42. The van der Waals surface area contributed by atoms with Crippen molar-refractivity contribution in [2.45, 2.75) is 24.3 Å². The molecule has 30 heavy (non-hydrogen) atoms. The summed E-state index contributed by atoms with van der Waals surface area (Å²) in [5.74, 6) is -0.136. The van der Waals surface area contributed by atoms with Gasteiger partial charge in [-0.1, -0.05) is 12.1 Å². The number of benzene rings is 2. The first kappa shape index (κ1) is 21.8. The zero-order valence-corrected chi connectivity index (χ0v) is 18.0. The van der Waals surface area contributed by atoms with Gasteiger partial charge in [0.15, 0.2) is 0 Å². The standard InChI is InChI=1S/C21H25N3O5S/c1-23(2)30(27,28)19-13-16(9-10-18(19)29-3)21(26)22-14-15-6-4-7-17(12-15)24-11-5-8-20(24)25/h4,6-7,9-10,12-13H,5,8,11,14H2,1-3H3,(H,22,26). The average Bonchev–Trinajstić information content (AvgIpc) is 3.17. The van der Waals surface area contributed by atoms with Crippen LogP contribution < -0.4 is 15.0 Å². The molecule has 1 fully saturated rings. The van der Waals surface area contributed by atoms with Gasteiger partial charge in [-0.3, -0.25) is 9.59 Å². The quantitative estimate of drug-likeness (QED) is 0.723. The lowest BCUT2D eigenvalue weighted by molar-refractivity contribution is -0.117. The molecular weight excluding hydrogens is 406 g/mol. The molecule has 2 amide bonds. The molecule has 2 aromatic carbocycles. The fourth-order valence-corrected chi connectivity index (χ4v) is 4.33. The van der Waals surface area contributed by atoms with Crippen LogP contribution in [0, 0.1) is 0 Å². The van der Waals surface area contributed by atoms with E-state index in [0.29, 0.717) is 13.0 Å². The third-order valence-electron chi connectivity index (χ3n) is 4.93. The number of nitrogens with zero attached hydrogens (tertiary/aromatic N) is 2. The molecule has 0 atom stereocenters. The van der Waals surface area contributed by atoms with Crippen LogP contribution in [-0.2, 0) is 21.4 Å². The molecule has 0 saturated carbocycles. The Hall–Kier alpha value is -2.91. The highest BCUT2D eigenvalue weighted by Crippen LogP contribution is 2.27. The lowest BCUT2D eigenvalue weighted by Crippen LogP contribution is -2.26. The summed E-state index contributed by atoms with van der Waals surface area (Å²) in [5, 5.41) is 2.80. The topological polar surface area (TPSA) is 96.0 Å². The van der Waals surface area contributed by atoms with Gasteiger partial charge in [0.25, 0.3) is 5.91 Å². The van der Waals surface area contributed by atoms with Gasteiger partial charge in [-0.25, -0.2) is 12.7 Å². The van der Waals surface area contributed by atoms with E-state index in [1.807, 2.05) is 24.3 Å². The maximum Gasteiger partial charge on any atom is 0.251 e. The van der Waals surface area contributed by atoms with Crippen LogP contribution in [0.5, 0.6) is 5.75 Å². The second-order valence-corrected chi connectivity index (χ2v) is 9.27. The van der Waals surface area contributed by atoms with E-state index in [-0.39, 0.29) is 28.7 Å². The number of hydrogen-bond donors (Lipinski definition) is 1. The van der Waals surface area contributed by atoms with Crippen molar-refractivity contribution in [1.29, 1.82) is 0 Å². The first-order chi connectivity index (χ1) is 14.2. The predicted octanol–water partition coefficient (Wildman–Crippen LogP) is 2.00. The summed E-state index contributed by atoms with van der Waals surface area (Å²) < 4.78 is 31.3. The normalized spacial score (nSPS) is 14.3. The summed E-state index contributed by atoms with van der Waals surface area (Å²) in [4.78, 5) is 26.2. The fourth-order valence-electron chi connectivity index (χ4n) is 3.26. The summed E-state index contributed by atoms with van der Waals surface area (Å²) in [6, 6.07) is 11.7. The summed E-state index contributed by atoms with van der Waals surface area (Å²) in [7, 11) is 0.437. The maximum atomic E-state index is 12.6. The zero-order chi connectivity index (χ0) is 21.9. The number of hydrogen-bond acceptors (Lipinski definition) is 5. The smallest absolute Gasteiger partial charge is 0.251 e. The molecule has 1 aliphatic rings. The van der Waals surface area contributed by atoms with Gasteiger partial charge in [0, 0.05) is 44.9 Å². The third kappa shape index (κ3) is 4.47. The van der Waals surface area contributed by atoms with E-state index in [0.717, 1.165) is 22.0 Å². The zero-order valence-electron chi connectivity index (χ0n) is 17.2. The van der Waals surface area contributed by atoms with Gasteiger partial charge in [0.05, 0.1) is 7.11 Å². The summed E-state index contributed by atoms with van der Waals surface area (Å²) in [6.07, 6.45) is 1.39. The number of amides is 2. The Balaban J connectivity index is 1.76. The molecule has 0 spiro atoms. The van der Waals surface area contributed by atoms with Gasteiger partial charge < -0.3 is 15.0 Å². The number of rotatable bonds is 7. The molecule has 1 saturated heterocycles. The lowest BCUT2D eigenvalue weighted by atomic mass is 10.1. The Morgan fingerprint density at radius 1 is 1.20 bits per heavy atom. The second-order valence-electron chi connectivity index (χ2n) is 7.15. The van der Waals surface area contributed by atoms with Crippen molar-refractivity contribution in [2.75, 3.05) is 32.6 Å². The summed E-state index contributed by atoms with van der Waals surface area (Å²) in [6.45, 7) is 0.945. The molecule has 3 rings (SSSR count). The molecule has 160 valence electrons. The van der Waals surface area contributed by atoms with Crippen molar-refractivity contribution in [3.63, 3.8) is 0 Å². The highest BCUT2D eigenvalue weighted by atomic mass is 32.2. The number of sulfonamides is 1. The van der Waals surface area contributed by atoms with E-state index < -0.39 is 15.9 Å². The van der Waals surface area contributed by atoms with Gasteiger partial charge in [0.2, 0.25) is 15.9 Å². The van der Waals surface area contributed by atoms with E-state index >= 15 is 0 Å². The van der Waals surface area contributed by atoms with Gasteiger partial charge in [-0.15, -0.1) is 0 Å². The second kappa shape index (κ2) is 8.85. The van der Waals surface area contributed by atoms with E-state index in [9.17, 15) is 18.0 Å². The minimum Gasteiger partial charge on any atom is -0.495 e. The van der Waals surface area contributed by atoms with E-state index in [1.54, 1.807) is 4.90 Å². The molecule has 9 heteroatoms. The van der Waals surface area contributed by atoms with Crippen LogP contribution in [0.1, 0.15) is 28.8 Å². The molecule has 0 aliphatic carbocycles. The van der Waals surface area contributed by atoms with Crippen molar-refractivity contribution in [3.8, 4) is 5.75 Å². The monoisotopic (exact) mass is 431 g/mol. The van der Waals surface area contributed by atoms with Crippen molar-refractivity contribution in [3.05, 3.63) is 53.6 Å². The number of anilines is 1. The highest BCUT2D eigenvalue weighted by Gasteiger charge is 2.24. The van der Waals surface area contributed by atoms with Crippen molar-refractivity contribution in [2.24, 2.45) is 0 Å². The van der Waals surface area contributed by atoms with Crippen LogP contribution >= 0.6 is 0 Å². The Morgan fingerprint density at radius 3 is 2.60 bits per heavy atom. The molecule has 0 bridgehead atoms. The van der Waals surface area contributed by atoms with Gasteiger partial charge in [-0.05, 0) is 42.3 Å². The van der Waals surface area contributed by atoms with Gasteiger partial charge >= 0.3 is 0 Å². The molecule has 0 radical (unpaired) electrons. The molecular formula is C21H25N3O5S. The SMILES string of the molecule is COc1ccc(C(=O)NCc2cccc(N3CCCC3=O)c2)cc1S(=O)(=O)N(C)C. The number of nitrogens with one attached hydrogen (secondary N) is 1. The third-order valence-corrected chi connectivity index (χ3v) is 6.77. The van der Waals surface area contributed by atoms with E-state index in [4.69, 9.17) is 4.74 Å². The first-order valence-electron chi connectivity index (χ1n) is 9.52. The number of carbonyl (C=O) groups is 2. The largest absolute Gasteiger partial charge is 0.495 e. The Morgan fingerprint density at radius 2 is 1.97 bits per heavy atom. The lowest BCUT2D eigenvalue weighted by Gasteiger charge is -2.17. The molecule has 1 N–H and O–H groups in total. The van der Waals surface area contributed by atoms with Crippen LogP contribution in [0.15, 0.2) is 47.4 Å². The molecule has 8 nitrogen and oxygen atoms in total. The predicted molar refractivity (Wildman–Crippen MR) is 113 cm³/mol. The van der Waals surface area contributed by atoms with Crippen molar-refractivity contribution < 1.29 is 22.7 Å². The van der Waals surface area contributed by atoms with E-state index in [1.165, 1.54) is 39.4 Å². The Labute approximate surface area is 176 Å².